The van der Waals surface area contributed by atoms with E-state index in [1.54, 1.807) is 12.4 Å². The summed E-state index contributed by atoms with van der Waals surface area (Å²) < 4.78 is 1.98. The number of hydrogen-bond acceptors (Lipinski definition) is 6. The van der Waals surface area contributed by atoms with E-state index in [-0.39, 0.29) is 0 Å². The minimum Gasteiger partial charge on any atom is -0.372 e. The SMILES string of the molecule is N#Cc1ccc(CCCNc2nc(-c3cccc(N4CCCC4)c3)cc3nccn23)nc1. The van der Waals surface area contributed by atoms with Gasteiger partial charge in [0.05, 0.1) is 11.3 Å². The highest BCUT2D eigenvalue weighted by Crippen LogP contribution is 2.27. The quantitative estimate of drug-likeness (QED) is 0.446. The Balaban J connectivity index is 1.32. The Morgan fingerprint density at radius 1 is 1.06 bits per heavy atom. The molecule has 1 aromatic carbocycles. The van der Waals surface area contributed by atoms with Gasteiger partial charge >= 0.3 is 0 Å². The van der Waals surface area contributed by atoms with E-state index in [0.29, 0.717) is 5.56 Å². The molecule has 1 aliphatic rings. The number of nitrogens with one attached hydrogen (secondary N) is 1. The average Bonchev–Trinajstić information content (AvgIpc) is 3.54. The van der Waals surface area contributed by atoms with Crippen molar-refractivity contribution in [2.24, 2.45) is 0 Å². The van der Waals surface area contributed by atoms with E-state index in [9.17, 15) is 0 Å². The Kier molecular flexibility index (Phi) is 5.67. The highest BCUT2D eigenvalue weighted by Gasteiger charge is 2.14. The monoisotopic (exact) mass is 423 g/mol. The summed E-state index contributed by atoms with van der Waals surface area (Å²) in [6.45, 7) is 3.01. The lowest BCUT2D eigenvalue weighted by Gasteiger charge is -2.18. The van der Waals surface area contributed by atoms with Gasteiger partial charge in [0.25, 0.3) is 0 Å². The number of nitriles is 1. The number of aryl methyl sites for hydroxylation is 1. The molecule has 0 radical (unpaired) electrons. The minimum atomic E-state index is 0.587. The summed E-state index contributed by atoms with van der Waals surface area (Å²) in [4.78, 5) is 16.2. The predicted octanol–water partition coefficient (Wildman–Crippen LogP) is 4.31. The fourth-order valence-electron chi connectivity index (χ4n) is 4.14. The van der Waals surface area contributed by atoms with Crippen LogP contribution in [0, 0.1) is 11.3 Å². The van der Waals surface area contributed by atoms with Crippen molar-refractivity contribution in [1.29, 1.82) is 5.26 Å². The molecule has 1 N–H and O–H groups in total. The largest absolute Gasteiger partial charge is 0.372 e. The lowest BCUT2D eigenvalue weighted by Crippen LogP contribution is -2.17. The highest BCUT2D eigenvalue weighted by molar-refractivity contribution is 5.70. The summed E-state index contributed by atoms with van der Waals surface area (Å²) >= 11 is 0. The maximum absolute atomic E-state index is 8.90. The van der Waals surface area contributed by atoms with Gasteiger partial charge in [0, 0.05) is 61.2 Å². The molecule has 32 heavy (non-hydrogen) atoms. The molecule has 7 heteroatoms. The van der Waals surface area contributed by atoms with Gasteiger partial charge in [-0.05, 0) is 49.9 Å². The molecule has 5 rings (SSSR count). The van der Waals surface area contributed by atoms with Gasteiger partial charge in [-0.3, -0.25) is 9.38 Å². The van der Waals surface area contributed by atoms with Gasteiger partial charge in [-0.2, -0.15) is 5.26 Å². The lowest BCUT2D eigenvalue weighted by atomic mass is 10.1. The maximum atomic E-state index is 8.90. The molecule has 0 saturated carbocycles. The molecule has 1 aliphatic heterocycles. The van der Waals surface area contributed by atoms with Crippen LogP contribution in [0.2, 0.25) is 0 Å². The smallest absolute Gasteiger partial charge is 0.209 e. The fourth-order valence-corrected chi connectivity index (χ4v) is 4.14. The number of rotatable bonds is 7. The van der Waals surface area contributed by atoms with Crippen molar-refractivity contribution in [1.82, 2.24) is 19.4 Å². The van der Waals surface area contributed by atoms with Crippen LogP contribution in [0.25, 0.3) is 16.9 Å². The molecule has 0 aliphatic carbocycles. The van der Waals surface area contributed by atoms with E-state index in [2.05, 4.69) is 50.5 Å². The number of imidazole rings is 1. The summed E-state index contributed by atoms with van der Waals surface area (Å²) in [6.07, 6.45) is 9.61. The standard InChI is InChI=1S/C25H25N7/c26-17-19-8-9-21(29-18-19)6-4-10-28-25-30-23(16-24-27-11-14-32(24)25)20-5-3-7-22(15-20)31-12-1-2-13-31/h3,5,7-9,11,14-16,18H,1-2,4,6,10,12-13H2,(H,28,30). The molecular weight excluding hydrogens is 398 g/mol. The van der Waals surface area contributed by atoms with Crippen LogP contribution in [0.5, 0.6) is 0 Å². The molecule has 3 aromatic heterocycles. The van der Waals surface area contributed by atoms with Crippen LogP contribution in [-0.2, 0) is 6.42 Å². The van der Waals surface area contributed by atoms with Gasteiger partial charge < -0.3 is 10.2 Å². The topological polar surface area (TPSA) is 82.1 Å². The Morgan fingerprint density at radius 3 is 2.78 bits per heavy atom. The first-order chi connectivity index (χ1) is 15.8. The third kappa shape index (κ3) is 4.26. The van der Waals surface area contributed by atoms with Gasteiger partial charge in [-0.1, -0.05) is 12.1 Å². The molecule has 4 heterocycles. The average molecular weight is 424 g/mol. The van der Waals surface area contributed by atoms with E-state index in [0.717, 1.165) is 61.0 Å². The summed E-state index contributed by atoms with van der Waals surface area (Å²) in [5, 5.41) is 12.4. The molecule has 4 aromatic rings. The van der Waals surface area contributed by atoms with Gasteiger partial charge in [0.15, 0.2) is 0 Å². The molecule has 0 bridgehead atoms. The molecule has 1 fully saturated rings. The fraction of sp³-hybridized carbons (Fsp3) is 0.280. The van der Waals surface area contributed by atoms with Gasteiger partial charge in [-0.15, -0.1) is 0 Å². The first-order valence-electron chi connectivity index (χ1n) is 11.1. The van der Waals surface area contributed by atoms with Crippen molar-refractivity contribution in [2.45, 2.75) is 25.7 Å². The zero-order chi connectivity index (χ0) is 21.8. The third-order valence-corrected chi connectivity index (χ3v) is 5.85. The lowest BCUT2D eigenvalue weighted by molar-refractivity contribution is 0.825. The Labute approximate surface area is 187 Å². The number of pyridine rings is 1. The first kappa shape index (κ1) is 20.0. The predicted molar refractivity (Wildman–Crippen MR) is 126 cm³/mol. The molecule has 0 amide bonds. The normalized spacial score (nSPS) is 13.4. The molecule has 160 valence electrons. The van der Waals surface area contributed by atoms with Crippen LogP contribution in [0.3, 0.4) is 0 Å². The van der Waals surface area contributed by atoms with Crippen molar-refractivity contribution >= 4 is 17.3 Å². The second-order valence-electron chi connectivity index (χ2n) is 8.05. The zero-order valence-electron chi connectivity index (χ0n) is 17.9. The van der Waals surface area contributed by atoms with Crippen molar-refractivity contribution < 1.29 is 0 Å². The molecule has 1 saturated heterocycles. The van der Waals surface area contributed by atoms with Crippen molar-refractivity contribution in [3.63, 3.8) is 0 Å². The van der Waals surface area contributed by atoms with E-state index < -0.39 is 0 Å². The summed E-state index contributed by atoms with van der Waals surface area (Å²) in [6, 6.07) is 16.5. The third-order valence-electron chi connectivity index (χ3n) is 5.85. The zero-order valence-corrected chi connectivity index (χ0v) is 17.9. The van der Waals surface area contributed by atoms with Crippen LogP contribution < -0.4 is 10.2 Å². The molecule has 7 nitrogen and oxygen atoms in total. The van der Waals surface area contributed by atoms with Crippen LogP contribution >= 0.6 is 0 Å². The van der Waals surface area contributed by atoms with Crippen molar-refractivity contribution in [3.05, 3.63) is 72.3 Å². The Morgan fingerprint density at radius 2 is 1.97 bits per heavy atom. The Hall–Kier alpha value is -3.92. The van der Waals surface area contributed by atoms with Gasteiger partial charge in [-0.25, -0.2) is 9.97 Å². The van der Waals surface area contributed by atoms with Crippen LogP contribution in [-0.4, -0.2) is 39.0 Å². The summed E-state index contributed by atoms with van der Waals surface area (Å²) in [7, 11) is 0. The van der Waals surface area contributed by atoms with E-state index >= 15 is 0 Å². The van der Waals surface area contributed by atoms with E-state index in [1.165, 1.54) is 18.5 Å². The van der Waals surface area contributed by atoms with Crippen LogP contribution in [0.4, 0.5) is 11.6 Å². The number of benzene rings is 1. The highest BCUT2D eigenvalue weighted by atomic mass is 15.2. The second-order valence-corrected chi connectivity index (χ2v) is 8.05. The number of anilines is 2. The van der Waals surface area contributed by atoms with E-state index in [4.69, 9.17) is 10.2 Å². The summed E-state index contributed by atoms with van der Waals surface area (Å²) in [5.41, 5.74) is 5.72. The number of fused-ring (bicyclic) bond motifs is 1. The van der Waals surface area contributed by atoms with Gasteiger partial charge in [0.2, 0.25) is 5.95 Å². The molecular formula is C25H25N7. The maximum Gasteiger partial charge on any atom is 0.209 e. The first-order valence-corrected chi connectivity index (χ1v) is 11.1. The molecule has 0 spiro atoms. The molecule has 0 unspecified atom stereocenters. The Bertz CT molecular complexity index is 1250. The second kappa shape index (κ2) is 9.06. The number of aromatic nitrogens is 4. The number of hydrogen-bond donors (Lipinski definition) is 1. The summed E-state index contributed by atoms with van der Waals surface area (Å²) in [5.74, 6) is 0.786. The van der Waals surface area contributed by atoms with Crippen molar-refractivity contribution in [2.75, 3.05) is 29.9 Å². The van der Waals surface area contributed by atoms with Gasteiger partial charge in [0.1, 0.15) is 11.7 Å². The molecule has 0 atom stereocenters. The van der Waals surface area contributed by atoms with Crippen LogP contribution in [0.1, 0.15) is 30.5 Å². The van der Waals surface area contributed by atoms with Crippen molar-refractivity contribution in [3.8, 4) is 17.3 Å². The van der Waals surface area contributed by atoms with E-state index in [1.807, 2.05) is 28.8 Å². The number of nitrogens with zero attached hydrogens (tertiary/aromatic N) is 6. The van der Waals surface area contributed by atoms with Crippen LogP contribution in [0.15, 0.2) is 61.1 Å². The minimum absolute atomic E-state index is 0.587.